The third kappa shape index (κ3) is 6.08. The van der Waals surface area contributed by atoms with Crippen LogP contribution >= 0.6 is 0 Å². The molecule has 7 heavy (non-hydrogen) atoms. The van der Waals surface area contributed by atoms with Gasteiger partial charge >= 0.3 is 31.8 Å². The van der Waals surface area contributed by atoms with Crippen molar-refractivity contribution in [3.63, 3.8) is 0 Å². The first-order valence-corrected chi connectivity index (χ1v) is 1.53. The molecule has 0 atom stereocenters. The molecule has 0 aromatic carbocycles. The second-order valence-corrected chi connectivity index (χ2v) is 1.09. The Kier molecular flexibility index (Phi) is 6.15. The Morgan fingerprint density at radius 2 is 1.86 bits per heavy atom. The zero-order valence-electron chi connectivity index (χ0n) is 3.56. The number of rotatable bonds is 1. The number of carboxylic acid groups (broad SMARTS) is 1. The summed E-state index contributed by atoms with van der Waals surface area (Å²) in [6.45, 7) is 4.60. The average molecular weight is 204 g/mol. The Hall–Kier alpha value is 0.0801. The molecule has 2 nitrogen and oxygen atoms in total. The summed E-state index contributed by atoms with van der Waals surface area (Å²) >= 11 is 0. The molecule has 0 spiro atoms. The molecule has 0 rings (SSSR count). The topological polar surface area (TPSA) is 37.3 Å². The van der Waals surface area contributed by atoms with E-state index in [2.05, 4.69) is 6.58 Å². The predicted octanol–water partition coefficient (Wildman–Crippen LogP) is -0.537. The standard InChI is InChI=1S/C4H6O2.In.3H/c1-3(2)4(5)6;;;;/h1H2,2H3,(H,5,6);;;;. The summed E-state index contributed by atoms with van der Waals surface area (Å²) in [5.41, 5.74) is 0.176. The van der Waals surface area contributed by atoms with Gasteiger partial charge in [0.05, 0.1) is 0 Å². The Morgan fingerprint density at radius 3 is 1.86 bits per heavy atom. The molecule has 0 aliphatic carbocycles. The van der Waals surface area contributed by atoms with Crippen LogP contribution in [-0.4, -0.2) is 36.9 Å². The summed E-state index contributed by atoms with van der Waals surface area (Å²) in [6, 6.07) is 0. The van der Waals surface area contributed by atoms with Crippen LogP contribution < -0.4 is 0 Å². The molecule has 0 amide bonds. The molecule has 0 unspecified atom stereocenters. The number of carbonyl (C=O) groups is 1. The fourth-order valence-electron chi connectivity index (χ4n) is 0. The Bertz CT molecular complexity index is 75.7. The first-order valence-electron chi connectivity index (χ1n) is 1.53. The molecule has 0 aliphatic rings. The van der Waals surface area contributed by atoms with Crippen LogP contribution in [0.1, 0.15) is 6.92 Å². The van der Waals surface area contributed by atoms with E-state index >= 15 is 0 Å². The number of hydrogen-bond acceptors (Lipinski definition) is 1. The zero-order chi connectivity index (χ0) is 5.15. The Balaban J connectivity index is 0. The first-order chi connectivity index (χ1) is 2.64. The van der Waals surface area contributed by atoms with Gasteiger partial charge in [0.25, 0.3) is 0 Å². The van der Waals surface area contributed by atoms with E-state index in [1.54, 1.807) is 0 Å². The van der Waals surface area contributed by atoms with Crippen molar-refractivity contribution in [2.75, 3.05) is 0 Å². The molecular weight excluding hydrogens is 195 g/mol. The minimum absolute atomic E-state index is 0. The van der Waals surface area contributed by atoms with Crippen molar-refractivity contribution in [2.24, 2.45) is 0 Å². The predicted molar refractivity (Wildman–Crippen MR) is 32.4 cm³/mol. The van der Waals surface area contributed by atoms with Crippen molar-refractivity contribution < 1.29 is 9.90 Å². The van der Waals surface area contributed by atoms with Gasteiger partial charge in [0.2, 0.25) is 0 Å². The van der Waals surface area contributed by atoms with Gasteiger partial charge in [0.15, 0.2) is 0 Å². The summed E-state index contributed by atoms with van der Waals surface area (Å²) < 4.78 is 0. The van der Waals surface area contributed by atoms with Crippen LogP contribution in [0.25, 0.3) is 0 Å². The molecule has 3 heteroatoms. The van der Waals surface area contributed by atoms with Gasteiger partial charge in [-0.2, -0.15) is 0 Å². The van der Waals surface area contributed by atoms with E-state index in [9.17, 15) is 4.79 Å². The number of aliphatic carboxylic acids is 1. The molecule has 0 saturated heterocycles. The van der Waals surface area contributed by atoms with Crippen molar-refractivity contribution in [1.29, 1.82) is 0 Å². The maximum atomic E-state index is 9.60. The number of hydrogen-bond donors (Lipinski definition) is 1. The molecular formula is C4H9InO2. The van der Waals surface area contributed by atoms with Crippen molar-refractivity contribution in [2.45, 2.75) is 6.92 Å². The van der Waals surface area contributed by atoms with Crippen molar-refractivity contribution in [3.05, 3.63) is 12.2 Å². The second-order valence-electron chi connectivity index (χ2n) is 1.09. The van der Waals surface area contributed by atoms with Gasteiger partial charge in [0, 0.05) is 5.57 Å². The molecule has 0 fully saturated rings. The van der Waals surface area contributed by atoms with Crippen LogP contribution in [0.4, 0.5) is 0 Å². The molecule has 0 heterocycles. The maximum absolute atomic E-state index is 9.60. The monoisotopic (exact) mass is 204 g/mol. The van der Waals surface area contributed by atoms with Gasteiger partial charge < -0.3 is 5.11 Å². The molecule has 0 radical (unpaired) electrons. The average Bonchev–Trinajstić information content (AvgIpc) is 1.36. The van der Waals surface area contributed by atoms with Crippen molar-refractivity contribution in [3.8, 4) is 0 Å². The van der Waals surface area contributed by atoms with Crippen LogP contribution in [-0.2, 0) is 4.79 Å². The first kappa shape index (κ1) is 10.1. The second kappa shape index (κ2) is 4.24. The molecule has 0 saturated carbocycles. The summed E-state index contributed by atoms with van der Waals surface area (Å²) in [5, 5.41) is 7.89. The Morgan fingerprint density at radius 1 is 1.71 bits per heavy atom. The van der Waals surface area contributed by atoms with E-state index < -0.39 is 5.97 Å². The van der Waals surface area contributed by atoms with Crippen LogP contribution in [0, 0.1) is 0 Å². The SMILES string of the molecule is C=C(C)C(=O)O.[InH3]. The normalized spacial score (nSPS) is 6.43. The van der Waals surface area contributed by atoms with Crippen LogP contribution in [0.3, 0.4) is 0 Å². The van der Waals surface area contributed by atoms with Gasteiger partial charge in [-0.15, -0.1) is 0 Å². The van der Waals surface area contributed by atoms with Crippen LogP contribution in [0.15, 0.2) is 12.2 Å². The van der Waals surface area contributed by atoms with Gasteiger partial charge in [-0.3, -0.25) is 0 Å². The van der Waals surface area contributed by atoms with Crippen molar-refractivity contribution in [1.82, 2.24) is 0 Å². The van der Waals surface area contributed by atoms with Gasteiger partial charge in [-0.25, -0.2) is 4.79 Å². The zero-order valence-corrected chi connectivity index (χ0v) is 3.56. The summed E-state index contributed by atoms with van der Waals surface area (Å²) in [6.07, 6.45) is 0. The van der Waals surface area contributed by atoms with E-state index in [1.165, 1.54) is 6.92 Å². The summed E-state index contributed by atoms with van der Waals surface area (Å²) in [4.78, 5) is 9.60. The van der Waals surface area contributed by atoms with E-state index in [0.717, 1.165) is 0 Å². The van der Waals surface area contributed by atoms with Gasteiger partial charge in [-0.05, 0) is 6.92 Å². The van der Waals surface area contributed by atoms with Gasteiger partial charge in [-0.1, -0.05) is 6.58 Å². The van der Waals surface area contributed by atoms with Crippen LogP contribution in [0.2, 0.25) is 0 Å². The van der Waals surface area contributed by atoms with Gasteiger partial charge in [0.1, 0.15) is 0 Å². The molecule has 0 aromatic heterocycles. The van der Waals surface area contributed by atoms with Crippen LogP contribution in [0.5, 0.6) is 0 Å². The van der Waals surface area contributed by atoms with E-state index in [0.29, 0.717) is 0 Å². The van der Waals surface area contributed by atoms with E-state index in [1.807, 2.05) is 0 Å². The Labute approximate surface area is 61.0 Å². The van der Waals surface area contributed by atoms with E-state index in [4.69, 9.17) is 5.11 Å². The molecule has 0 aromatic rings. The van der Waals surface area contributed by atoms with Crippen molar-refractivity contribution >= 4 is 31.8 Å². The fraction of sp³-hybridized carbons (Fsp3) is 0.250. The number of carboxylic acids is 1. The molecule has 40 valence electrons. The summed E-state index contributed by atoms with van der Waals surface area (Å²) in [5.74, 6) is -0.935. The fourth-order valence-corrected chi connectivity index (χ4v) is 0. The van der Waals surface area contributed by atoms with E-state index in [-0.39, 0.29) is 31.4 Å². The third-order valence-electron chi connectivity index (χ3n) is 0.365. The summed E-state index contributed by atoms with van der Waals surface area (Å²) in [7, 11) is 0. The molecule has 0 aliphatic heterocycles. The minimum atomic E-state index is -0.935. The molecule has 1 N–H and O–H groups in total. The third-order valence-corrected chi connectivity index (χ3v) is 0.365. The quantitative estimate of drug-likeness (QED) is 0.582. The molecule has 0 bridgehead atoms.